The molecule has 0 aliphatic rings. The van der Waals surface area contributed by atoms with Gasteiger partial charge >= 0.3 is 6.03 Å². The van der Waals surface area contributed by atoms with Gasteiger partial charge in [0.1, 0.15) is 0 Å². The van der Waals surface area contributed by atoms with Crippen molar-refractivity contribution in [1.29, 1.82) is 0 Å². The number of urea groups is 1. The van der Waals surface area contributed by atoms with Gasteiger partial charge in [-0.1, -0.05) is 30.3 Å². The molecule has 2 rings (SSSR count). The second-order valence-corrected chi connectivity index (χ2v) is 5.47. The van der Waals surface area contributed by atoms with Crippen LogP contribution in [0.15, 0.2) is 41.8 Å². The number of benzene rings is 1. The summed E-state index contributed by atoms with van der Waals surface area (Å²) in [5.41, 5.74) is 2.33. The third kappa shape index (κ3) is 3.83. The predicted octanol–water partition coefficient (Wildman–Crippen LogP) is 3.62. The molecule has 1 aromatic carbocycles. The number of nitrogens with one attached hydrogen (secondary N) is 2. The van der Waals surface area contributed by atoms with Crippen molar-refractivity contribution in [2.45, 2.75) is 26.4 Å². The van der Waals surface area contributed by atoms with Crippen LogP contribution >= 0.6 is 11.3 Å². The molecule has 100 valence electrons. The molecule has 1 atom stereocenters. The van der Waals surface area contributed by atoms with Crippen LogP contribution in [-0.2, 0) is 6.54 Å². The summed E-state index contributed by atoms with van der Waals surface area (Å²) in [5, 5.41) is 7.83. The van der Waals surface area contributed by atoms with Gasteiger partial charge in [-0.25, -0.2) is 4.79 Å². The zero-order valence-electron chi connectivity index (χ0n) is 11.1. The Hall–Kier alpha value is -1.81. The molecule has 2 N–H and O–H groups in total. The lowest BCUT2D eigenvalue weighted by Crippen LogP contribution is -2.36. The maximum atomic E-state index is 11.8. The number of hydrogen-bond acceptors (Lipinski definition) is 2. The van der Waals surface area contributed by atoms with Gasteiger partial charge in [-0.3, -0.25) is 0 Å². The highest BCUT2D eigenvalue weighted by atomic mass is 32.1. The zero-order valence-corrected chi connectivity index (χ0v) is 12.0. The van der Waals surface area contributed by atoms with Crippen molar-refractivity contribution in [2.75, 3.05) is 0 Å². The molecular formula is C15H18N2OS. The van der Waals surface area contributed by atoms with Crippen molar-refractivity contribution in [3.63, 3.8) is 0 Å². The van der Waals surface area contributed by atoms with E-state index in [9.17, 15) is 4.79 Å². The maximum Gasteiger partial charge on any atom is 0.315 e. The summed E-state index contributed by atoms with van der Waals surface area (Å²) in [6, 6.07) is 12.0. The minimum atomic E-state index is -0.135. The number of carbonyl (C=O) groups is 1. The van der Waals surface area contributed by atoms with Crippen molar-refractivity contribution in [1.82, 2.24) is 10.6 Å². The summed E-state index contributed by atoms with van der Waals surface area (Å²) >= 11 is 1.65. The van der Waals surface area contributed by atoms with Crippen molar-refractivity contribution in [3.8, 4) is 0 Å². The number of carbonyl (C=O) groups excluding carboxylic acids is 1. The van der Waals surface area contributed by atoms with Crippen LogP contribution in [0.25, 0.3) is 0 Å². The third-order valence-corrected chi connectivity index (χ3v) is 4.07. The average molecular weight is 274 g/mol. The maximum absolute atomic E-state index is 11.8. The van der Waals surface area contributed by atoms with E-state index in [0.717, 1.165) is 10.4 Å². The second-order valence-electron chi connectivity index (χ2n) is 4.49. The van der Waals surface area contributed by atoms with E-state index in [1.165, 1.54) is 5.56 Å². The van der Waals surface area contributed by atoms with Gasteiger partial charge in [0, 0.05) is 11.4 Å². The molecule has 0 saturated heterocycles. The average Bonchev–Trinajstić information content (AvgIpc) is 2.91. The minimum absolute atomic E-state index is 0.0388. The Kier molecular flexibility index (Phi) is 4.58. The summed E-state index contributed by atoms with van der Waals surface area (Å²) in [4.78, 5) is 13.0. The molecule has 4 heteroatoms. The summed E-state index contributed by atoms with van der Waals surface area (Å²) in [6.07, 6.45) is 0. The highest BCUT2D eigenvalue weighted by molar-refractivity contribution is 7.10. The Morgan fingerprint density at radius 1 is 1.26 bits per heavy atom. The predicted molar refractivity (Wildman–Crippen MR) is 79.3 cm³/mol. The van der Waals surface area contributed by atoms with E-state index in [-0.39, 0.29) is 12.1 Å². The summed E-state index contributed by atoms with van der Waals surface area (Å²) < 4.78 is 0. The van der Waals surface area contributed by atoms with Crippen LogP contribution in [0.1, 0.15) is 29.0 Å². The molecule has 0 unspecified atom stereocenters. The Morgan fingerprint density at radius 3 is 2.74 bits per heavy atom. The van der Waals surface area contributed by atoms with E-state index in [4.69, 9.17) is 0 Å². The number of rotatable bonds is 4. The van der Waals surface area contributed by atoms with Crippen LogP contribution in [0.5, 0.6) is 0 Å². The number of aryl methyl sites for hydroxylation is 1. The third-order valence-electron chi connectivity index (χ3n) is 3.02. The first-order valence-electron chi connectivity index (χ1n) is 6.29. The Balaban J connectivity index is 1.84. The summed E-state index contributed by atoms with van der Waals surface area (Å²) in [6.45, 7) is 4.58. The molecule has 2 aromatic rings. The van der Waals surface area contributed by atoms with Gasteiger partial charge in [0.15, 0.2) is 0 Å². The smallest absolute Gasteiger partial charge is 0.315 e. The lowest BCUT2D eigenvalue weighted by molar-refractivity contribution is 0.237. The Labute approximate surface area is 117 Å². The quantitative estimate of drug-likeness (QED) is 0.878. The molecule has 0 aliphatic heterocycles. The van der Waals surface area contributed by atoms with Crippen LogP contribution in [0.2, 0.25) is 0 Å². The lowest BCUT2D eigenvalue weighted by Gasteiger charge is -2.13. The van der Waals surface area contributed by atoms with Crippen molar-refractivity contribution in [3.05, 3.63) is 57.8 Å². The van der Waals surface area contributed by atoms with Crippen LogP contribution in [0, 0.1) is 6.92 Å². The first-order valence-corrected chi connectivity index (χ1v) is 7.17. The molecular weight excluding hydrogens is 256 g/mol. The molecule has 19 heavy (non-hydrogen) atoms. The highest BCUT2D eigenvalue weighted by Crippen LogP contribution is 2.17. The highest BCUT2D eigenvalue weighted by Gasteiger charge is 2.09. The second kappa shape index (κ2) is 6.38. The molecule has 0 radical (unpaired) electrons. The molecule has 0 bridgehead atoms. The van der Waals surface area contributed by atoms with E-state index >= 15 is 0 Å². The molecule has 0 fully saturated rings. The normalized spacial score (nSPS) is 11.9. The van der Waals surface area contributed by atoms with Crippen molar-refractivity contribution < 1.29 is 4.79 Å². The first-order chi connectivity index (χ1) is 9.16. The van der Waals surface area contributed by atoms with E-state index in [2.05, 4.69) is 10.6 Å². The monoisotopic (exact) mass is 274 g/mol. The van der Waals surface area contributed by atoms with Gasteiger partial charge in [0.25, 0.3) is 0 Å². The molecule has 0 spiro atoms. The fraction of sp³-hybridized carbons (Fsp3) is 0.267. The van der Waals surface area contributed by atoms with E-state index < -0.39 is 0 Å². The molecule has 1 aromatic heterocycles. The fourth-order valence-corrected chi connectivity index (χ4v) is 2.57. The van der Waals surface area contributed by atoms with Gasteiger partial charge in [0.05, 0.1) is 6.04 Å². The summed E-state index contributed by atoms with van der Waals surface area (Å²) in [7, 11) is 0. The lowest BCUT2D eigenvalue weighted by atomic mass is 10.1. The van der Waals surface area contributed by atoms with Crippen molar-refractivity contribution >= 4 is 17.4 Å². The number of amides is 2. The first kappa shape index (κ1) is 13.6. The van der Waals surface area contributed by atoms with E-state index in [0.29, 0.717) is 6.54 Å². The molecule has 0 aliphatic carbocycles. The Morgan fingerprint density at radius 2 is 2.05 bits per heavy atom. The van der Waals surface area contributed by atoms with Crippen molar-refractivity contribution in [2.24, 2.45) is 0 Å². The van der Waals surface area contributed by atoms with Gasteiger partial charge in [-0.05, 0) is 36.4 Å². The van der Waals surface area contributed by atoms with Gasteiger partial charge in [0.2, 0.25) is 0 Å². The summed E-state index contributed by atoms with van der Waals surface area (Å²) in [5.74, 6) is 0. The Bertz CT molecular complexity index is 537. The fourth-order valence-electron chi connectivity index (χ4n) is 1.84. The SMILES string of the molecule is Cc1ccccc1CNC(=O)N[C@H](C)c1cccs1. The van der Waals surface area contributed by atoms with Crippen LogP contribution in [0.3, 0.4) is 0 Å². The standard InChI is InChI=1S/C15H18N2OS/c1-11-6-3-4-7-13(11)10-16-15(18)17-12(2)14-8-5-9-19-14/h3-9,12H,10H2,1-2H3,(H2,16,17,18)/t12-/m1/s1. The van der Waals surface area contributed by atoms with E-state index in [1.54, 1.807) is 11.3 Å². The van der Waals surface area contributed by atoms with E-state index in [1.807, 2.05) is 55.6 Å². The van der Waals surface area contributed by atoms with Crippen LogP contribution in [-0.4, -0.2) is 6.03 Å². The van der Waals surface area contributed by atoms with Gasteiger partial charge in [-0.2, -0.15) is 0 Å². The molecule has 0 saturated carbocycles. The van der Waals surface area contributed by atoms with Crippen LogP contribution < -0.4 is 10.6 Å². The minimum Gasteiger partial charge on any atom is -0.334 e. The number of thiophene rings is 1. The molecule has 1 heterocycles. The molecule has 3 nitrogen and oxygen atoms in total. The van der Waals surface area contributed by atoms with Gasteiger partial charge in [-0.15, -0.1) is 11.3 Å². The topological polar surface area (TPSA) is 41.1 Å². The van der Waals surface area contributed by atoms with Crippen LogP contribution in [0.4, 0.5) is 4.79 Å². The van der Waals surface area contributed by atoms with Gasteiger partial charge < -0.3 is 10.6 Å². The number of hydrogen-bond donors (Lipinski definition) is 2. The zero-order chi connectivity index (χ0) is 13.7. The molecule has 2 amide bonds. The largest absolute Gasteiger partial charge is 0.334 e.